The van der Waals surface area contributed by atoms with Crippen LogP contribution in [0, 0.1) is 0 Å². The summed E-state index contributed by atoms with van der Waals surface area (Å²) < 4.78 is 6.23. The van der Waals surface area contributed by atoms with Gasteiger partial charge in [0.05, 0.1) is 18.1 Å². The number of rotatable bonds is 0. The summed E-state index contributed by atoms with van der Waals surface area (Å²) in [5.41, 5.74) is 9.15. The zero-order valence-corrected chi connectivity index (χ0v) is 20.6. The van der Waals surface area contributed by atoms with Crippen molar-refractivity contribution in [3.63, 3.8) is 0 Å². The first-order valence-corrected chi connectivity index (χ1v) is 12.4. The molecule has 8 nitrogen and oxygen atoms in total. The van der Waals surface area contributed by atoms with Crippen LogP contribution in [0.2, 0.25) is 0 Å². The molecule has 0 saturated carbocycles. The highest BCUT2D eigenvalue weighted by Gasteiger charge is 2.36. The van der Waals surface area contributed by atoms with Gasteiger partial charge in [0.2, 0.25) is 5.91 Å². The van der Waals surface area contributed by atoms with Gasteiger partial charge in [-0.3, -0.25) is 19.5 Å². The smallest absolute Gasteiger partial charge is 0.270 e. The van der Waals surface area contributed by atoms with Gasteiger partial charge in [-0.15, -0.1) is 0 Å². The summed E-state index contributed by atoms with van der Waals surface area (Å²) in [5, 5.41) is 3.19. The molecule has 3 atom stereocenters. The lowest BCUT2D eigenvalue weighted by Gasteiger charge is -2.38. The number of hydrogen-bond acceptors (Lipinski definition) is 6. The third-order valence-electron chi connectivity index (χ3n) is 7.22. The van der Waals surface area contributed by atoms with Crippen molar-refractivity contribution in [3.05, 3.63) is 58.9 Å². The summed E-state index contributed by atoms with van der Waals surface area (Å²) in [6.07, 6.45) is 6.28. The lowest BCUT2D eigenvalue weighted by Crippen LogP contribution is -2.48. The summed E-state index contributed by atoms with van der Waals surface area (Å²) in [6.45, 7) is 5.97. The Labute approximate surface area is 206 Å². The van der Waals surface area contributed by atoms with Crippen molar-refractivity contribution in [2.24, 2.45) is 10.7 Å². The van der Waals surface area contributed by atoms with Gasteiger partial charge in [0, 0.05) is 24.6 Å². The quantitative estimate of drug-likeness (QED) is 0.602. The molecular weight excluding hydrogens is 442 g/mol. The molecular formula is C27H33N5O3. The lowest BCUT2D eigenvalue weighted by molar-refractivity contribution is -0.130. The SMILES string of the molecule is C[C@@H]1c2ccnc(c2)C(=O)NC2CC(C)(C)Oc3ccc(cc32)CCCCC2CC(=O)N1C(N)=N2. The van der Waals surface area contributed by atoms with Crippen molar-refractivity contribution < 1.29 is 14.3 Å². The number of aliphatic imine (C=N–C) groups is 1. The fraction of sp³-hybridized carbons (Fsp3) is 0.481. The van der Waals surface area contributed by atoms with Gasteiger partial charge in [-0.25, -0.2) is 4.99 Å². The van der Waals surface area contributed by atoms with Gasteiger partial charge in [-0.05, 0) is 69.4 Å². The summed E-state index contributed by atoms with van der Waals surface area (Å²) in [4.78, 5) is 36.8. The first-order chi connectivity index (χ1) is 16.7. The van der Waals surface area contributed by atoms with Crippen LogP contribution in [0.5, 0.6) is 5.75 Å². The molecule has 2 aromatic rings. The first-order valence-electron chi connectivity index (χ1n) is 12.4. The zero-order chi connectivity index (χ0) is 24.7. The Balaban J connectivity index is 1.53. The minimum absolute atomic E-state index is 0.0383. The van der Waals surface area contributed by atoms with E-state index in [0.717, 1.165) is 42.6 Å². The first kappa shape index (κ1) is 23.3. The van der Waals surface area contributed by atoms with E-state index in [-0.39, 0.29) is 35.9 Å². The average Bonchev–Trinajstić information content (AvgIpc) is 2.80. The molecule has 4 aliphatic rings. The molecule has 6 bridgehead atoms. The number of hydrogen-bond donors (Lipinski definition) is 2. The second-order valence-electron chi connectivity index (χ2n) is 10.5. The standard InChI is InChI=1S/C27H33N5O3/c1-16-18-10-11-29-21(13-18)25(34)31-22-15-27(2,3)35-23-9-8-17(12-20(22)23)6-4-5-7-19-14-24(33)32(16)26(28)30-19/h8-13,16,19,22H,4-7,14-15H2,1-3H3,(H2,28,30)(H,31,34)/t16-,19?,22?/m1/s1. The molecule has 0 saturated heterocycles. The van der Waals surface area contributed by atoms with E-state index in [1.165, 1.54) is 10.5 Å². The number of nitrogens with two attached hydrogens (primary N) is 1. The molecule has 1 aromatic carbocycles. The van der Waals surface area contributed by atoms with E-state index in [2.05, 4.69) is 27.4 Å². The Bertz CT molecular complexity index is 1190. The summed E-state index contributed by atoms with van der Waals surface area (Å²) in [5.74, 6) is 0.760. The van der Waals surface area contributed by atoms with Gasteiger partial charge in [0.15, 0.2) is 5.96 Å². The van der Waals surface area contributed by atoms with Crippen LogP contribution >= 0.6 is 0 Å². The molecule has 184 valence electrons. The summed E-state index contributed by atoms with van der Waals surface area (Å²) >= 11 is 0. The van der Waals surface area contributed by atoms with Crippen molar-refractivity contribution in [1.82, 2.24) is 15.2 Å². The van der Waals surface area contributed by atoms with Crippen molar-refractivity contribution >= 4 is 17.8 Å². The maximum absolute atomic E-state index is 13.3. The van der Waals surface area contributed by atoms with Gasteiger partial charge in [-0.1, -0.05) is 18.6 Å². The van der Waals surface area contributed by atoms with Gasteiger partial charge in [0.25, 0.3) is 5.91 Å². The number of aromatic nitrogens is 1. The van der Waals surface area contributed by atoms with E-state index in [1.54, 1.807) is 12.3 Å². The van der Waals surface area contributed by atoms with E-state index in [4.69, 9.17) is 10.5 Å². The number of nitrogens with one attached hydrogen (secondary N) is 1. The Morgan fingerprint density at radius 1 is 1.17 bits per heavy atom. The van der Waals surface area contributed by atoms with Crippen LogP contribution in [0.1, 0.15) is 92.1 Å². The van der Waals surface area contributed by atoms with Crippen LogP contribution in [0.25, 0.3) is 0 Å². The summed E-state index contributed by atoms with van der Waals surface area (Å²) in [6, 6.07) is 9.18. The third-order valence-corrected chi connectivity index (χ3v) is 7.22. The minimum Gasteiger partial charge on any atom is -0.487 e. The highest BCUT2D eigenvalue weighted by molar-refractivity contribution is 5.99. The molecule has 2 amide bonds. The fourth-order valence-electron chi connectivity index (χ4n) is 5.41. The van der Waals surface area contributed by atoms with E-state index >= 15 is 0 Å². The molecule has 0 spiro atoms. The fourth-order valence-corrected chi connectivity index (χ4v) is 5.41. The monoisotopic (exact) mass is 475 g/mol. The molecule has 0 radical (unpaired) electrons. The van der Waals surface area contributed by atoms with Crippen molar-refractivity contribution in [2.75, 3.05) is 0 Å². The van der Waals surface area contributed by atoms with E-state index in [9.17, 15) is 9.59 Å². The summed E-state index contributed by atoms with van der Waals surface area (Å²) in [7, 11) is 0. The van der Waals surface area contributed by atoms with E-state index in [0.29, 0.717) is 18.5 Å². The van der Waals surface area contributed by atoms with Crippen LogP contribution in [-0.2, 0) is 11.2 Å². The molecule has 2 unspecified atom stereocenters. The maximum Gasteiger partial charge on any atom is 0.270 e. The third kappa shape index (κ3) is 4.74. The van der Waals surface area contributed by atoms with E-state index in [1.807, 2.05) is 32.9 Å². The molecule has 3 N–H and O–H groups in total. The maximum atomic E-state index is 13.3. The van der Waals surface area contributed by atoms with Crippen LogP contribution in [0.4, 0.5) is 0 Å². The lowest BCUT2D eigenvalue weighted by atomic mass is 9.88. The highest BCUT2D eigenvalue weighted by Crippen LogP contribution is 2.40. The number of amides is 2. The largest absolute Gasteiger partial charge is 0.487 e. The molecule has 4 aliphatic heterocycles. The number of benzene rings is 1. The molecule has 6 rings (SSSR count). The molecule has 35 heavy (non-hydrogen) atoms. The van der Waals surface area contributed by atoms with Crippen molar-refractivity contribution in [3.8, 4) is 5.75 Å². The minimum atomic E-state index is -0.406. The number of nitrogens with zero attached hydrogens (tertiary/aromatic N) is 3. The number of aryl methyl sites for hydroxylation is 1. The number of pyridine rings is 1. The molecule has 1 aromatic heterocycles. The number of carbonyl (C=O) groups is 2. The van der Waals surface area contributed by atoms with Crippen molar-refractivity contribution in [1.29, 1.82) is 0 Å². The normalized spacial score (nSPS) is 26.2. The Morgan fingerprint density at radius 3 is 2.80 bits per heavy atom. The predicted molar refractivity (Wildman–Crippen MR) is 133 cm³/mol. The topological polar surface area (TPSA) is 110 Å². The predicted octanol–water partition coefficient (Wildman–Crippen LogP) is 3.82. The van der Waals surface area contributed by atoms with Gasteiger partial charge in [0.1, 0.15) is 17.0 Å². The zero-order valence-electron chi connectivity index (χ0n) is 20.6. The van der Waals surface area contributed by atoms with Crippen LogP contribution in [0.15, 0.2) is 41.5 Å². The van der Waals surface area contributed by atoms with Gasteiger partial charge in [-0.2, -0.15) is 0 Å². The van der Waals surface area contributed by atoms with Crippen molar-refractivity contribution in [2.45, 2.75) is 83.0 Å². The van der Waals surface area contributed by atoms with Crippen LogP contribution < -0.4 is 15.8 Å². The molecule has 8 heteroatoms. The Kier molecular flexibility index (Phi) is 5.99. The van der Waals surface area contributed by atoms with Gasteiger partial charge >= 0.3 is 0 Å². The van der Waals surface area contributed by atoms with Crippen LogP contribution in [0.3, 0.4) is 0 Å². The molecule has 0 fully saturated rings. The second-order valence-corrected chi connectivity index (χ2v) is 10.5. The van der Waals surface area contributed by atoms with E-state index < -0.39 is 5.60 Å². The second kappa shape index (κ2) is 8.98. The number of guanidine groups is 1. The Morgan fingerprint density at radius 2 is 2.00 bits per heavy atom. The van der Waals surface area contributed by atoms with Crippen LogP contribution in [-0.4, -0.2) is 39.3 Å². The van der Waals surface area contributed by atoms with Gasteiger partial charge < -0.3 is 15.8 Å². The number of ether oxygens (including phenoxy) is 1. The number of carbonyl (C=O) groups excluding carboxylic acids is 2. The average molecular weight is 476 g/mol. The molecule has 0 aliphatic carbocycles. The number of fused-ring (bicyclic) bond motifs is 5. The molecule has 5 heterocycles. The Hall–Kier alpha value is -3.42. The highest BCUT2D eigenvalue weighted by atomic mass is 16.5.